The number of urea groups is 1. The van der Waals surface area contributed by atoms with Crippen molar-refractivity contribution in [3.05, 3.63) is 58.3 Å². The first-order valence-corrected chi connectivity index (χ1v) is 7.34. The summed E-state index contributed by atoms with van der Waals surface area (Å²) < 4.78 is 0. The van der Waals surface area contributed by atoms with Gasteiger partial charge >= 0.3 is 12.0 Å². The zero-order valence-electron chi connectivity index (χ0n) is 11.4. The molecule has 0 aliphatic carbocycles. The van der Waals surface area contributed by atoms with Crippen molar-refractivity contribution < 1.29 is 14.7 Å². The Bertz CT molecular complexity index is 599. The highest BCUT2D eigenvalue weighted by Gasteiger charge is 2.22. The molecule has 0 bridgehead atoms. The lowest BCUT2D eigenvalue weighted by atomic mass is 10.1. The fraction of sp³-hybridized carbons (Fsp3) is 0.200. The van der Waals surface area contributed by atoms with Gasteiger partial charge in [-0.2, -0.15) is 0 Å². The Morgan fingerprint density at radius 3 is 2.38 bits per heavy atom. The molecule has 3 N–H and O–H groups in total. The van der Waals surface area contributed by atoms with Crippen molar-refractivity contribution in [1.82, 2.24) is 10.6 Å². The van der Waals surface area contributed by atoms with Crippen LogP contribution in [0.15, 0.2) is 47.8 Å². The maximum atomic E-state index is 12.0. The summed E-state index contributed by atoms with van der Waals surface area (Å²) in [6.07, 6.45) is 0. The van der Waals surface area contributed by atoms with Gasteiger partial charge in [0.15, 0.2) is 6.04 Å². The molecule has 0 aliphatic rings. The van der Waals surface area contributed by atoms with E-state index >= 15 is 0 Å². The highest BCUT2D eigenvalue weighted by atomic mass is 32.1. The van der Waals surface area contributed by atoms with Crippen LogP contribution in [0.2, 0.25) is 0 Å². The third-order valence-corrected chi connectivity index (χ3v) is 4.03. The van der Waals surface area contributed by atoms with E-state index in [1.54, 1.807) is 30.3 Å². The van der Waals surface area contributed by atoms with Crippen LogP contribution in [0, 0.1) is 0 Å². The van der Waals surface area contributed by atoms with Gasteiger partial charge in [-0.05, 0) is 23.9 Å². The van der Waals surface area contributed by atoms with Crippen LogP contribution in [0.4, 0.5) is 4.79 Å². The second kappa shape index (κ2) is 6.90. The van der Waals surface area contributed by atoms with Crippen molar-refractivity contribution in [2.45, 2.75) is 19.0 Å². The third kappa shape index (κ3) is 4.06. The van der Waals surface area contributed by atoms with E-state index in [1.165, 1.54) is 11.3 Å². The van der Waals surface area contributed by atoms with Crippen LogP contribution in [0.5, 0.6) is 0 Å². The lowest BCUT2D eigenvalue weighted by molar-refractivity contribution is -0.139. The van der Waals surface area contributed by atoms with Gasteiger partial charge in [0.05, 0.1) is 6.04 Å². The summed E-state index contributed by atoms with van der Waals surface area (Å²) in [7, 11) is 0. The van der Waals surface area contributed by atoms with E-state index in [9.17, 15) is 14.7 Å². The second-order valence-corrected chi connectivity index (χ2v) is 5.52. The Balaban J connectivity index is 2.01. The second-order valence-electron chi connectivity index (χ2n) is 4.54. The largest absolute Gasteiger partial charge is 0.479 e. The Hall–Kier alpha value is -2.34. The van der Waals surface area contributed by atoms with Crippen LogP contribution in [0.1, 0.15) is 29.4 Å². The van der Waals surface area contributed by atoms with Gasteiger partial charge < -0.3 is 15.7 Å². The van der Waals surface area contributed by atoms with E-state index in [4.69, 9.17) is 0 Å². The lowest BCUT2D eigenvalue weighted by Crippen LogP contribution is -2.41. The number of thiophene rings is 1. The van der Waals surface area contributed by atoms with Crippen LogP contribution < -0.4 is 10.6 Å². The molecule has 0 spiro atoms. The topological polar surface area (TPSA) is 78.4 Å². The van der Waals surface area contributed by atoms with E-state index < -0.39 is 18.0 Å². The maximum Gasteiger partial charge on any atom is 0.330 e. The number of benzene rings is 1. The van der Waals surface area contributed by atoms with Gasteiger partial charge in [0.2, 0.25) is 0 Å². The maximum absolute atomic E-state index is 12.0. The molecule has 110 valence electrons. The van der Waals surface area contributed by atoms with Crippen molar-refractivity contribution in [2.24, 2.45) is 0 Å². The number of carboxylic acid groups (broad SMARTS) is 1. The molecule has 2 rings (SSSR count). The van der Waals surface area contributed by atoms with Gasteiger partial charge in [0.25, 0.3) is 0 Å². The van der Waals surface area contributed by atoms with Crippen molar-refractivity contribution in [3.8, 4) is 0 Å². The van der Waals surface area contributed by atoms with E-state index in [1.807, 2.05) is 24.4 Å². The molecule has 2 atom stereocenters. The molecule has 1 heterocycles. The number of carboxylic acids is 1. The first kappa shape index (κ1) is 15.1. The fourth-order valence-corrected chi connectivity index (χ4v) is 2.65. The van der Waals surface area contributed by atoms with Crippen molar-refractivity contribution in [1.29, 1.82) is 0 Å². The van der Waals surface area contributed by atoms with Gasteiger partial charge in [-0.3, -0.25) is 0 Å². The van der Waals surface area contributed by atoms with Gasteiger partial charge in [-0.1, -0.05) is 36.4 Å². The molecule has 1 unspecified atom stereocenters. The molecule has 0 saturated heterocycles. The van der Waals surface area contributed by atoms with Gasteiger partial charge in [0.1, 0.15) is 0 Å². The van der Waals surface area contributed by atoms with E-state index in [2.05, 4.69) is 10.6 Å². The number of carbonyl (C=O) groups is 2. The molecule has 0 radical (unpaired) electrons. The molecular formula is C15H16N2O3S. The molecule has 2 aromatic rings. The average Bonchev–Trinajstić information content (AvgIpc) is 2.99. The number of rotatable bonds is 5. The summed E-state index contributed by atoms with van der Waals surface area (Å²) in [5, 5.41) is 16.4. The monoisotopic (exact) mass is 304 g/mol. The molecule has 21 heavy (non-hydrogen) atoms. The SMILES string of the molecule is CC(NC(=O)N[C@@H](C(=O)O)c1ccccc1)c1cccs1. The zero-order chi connectivity index (χ0) is 15.2. The highest BCUT2D eigenvalue weighted by Crippen LogP contribution is 2.18. The number of aliphatic carboxylic acids is 1. The Labute approximate surface area is 126 Å². The summed E-state index contributed by atoms with van der Waals surface area (Å²) in [4.78, 5) is 24.3. The average molecular weight is 304 g/mol. The van der Waals surface area contributed by atoms with Crippen LogP contribution in [0.3, 0.4) is 0 Å². The van der Waals surface area contributed by atoms with Gasteiger partial charge in [-0.25, -0.2) is 9.59 Å². The minimum absolute atomic E-state index is 0.171. The zero-order valence-corrected chi connectivity index (χ0v) is 12.3. The summed E-state index contributed by atoms with van der Waals surface area (Å²) in [5.41, 5.74) is 0.531. The van der Waals surface area contributed by atoms with Crippen molar-refractivity contribution in [3.63, 3.8) is 0 Å². The number of nitrogens with one attached hydrogen (secondary N) is 2. The predicted molar refractivity (Wildman–Crippen MR) is 81.2 cm³/mol. The minimum atomic E-state index is -1.10. The number of hydrogen-bond donors (Lipinski definition) is 3. The van der Waals surface area contributed by atoms with E-state index in [0.29, 0.717) is 5.56 Å². The minimum Gasteiger partial charge on any atom is -0.479 e. The standard InChI is InChI=1S/C15H16N2O3S/c1-10(12-8-5-9-21-12)16-15(20)17-13(14(18)19)11-6-3-2-4-7-11/h2-10,13H,1H3,(H,18,19)(H2,16,17,20)/t10?,13-/m1/s1. The van der Waals surface area contributed by atoms with Crippen molar-refractivity contribution in [2.75, 3.05) is 0 Å². The first-order valence-electron chi connectivity index (χ1n) is 6.46. The van der Waals surface area contributed by atoms with Crippen LogP contribution in [-0.4, -0.2) is 17.1 Å². The first-order chi connectivity index (χ1) is 10.1. The molecule has 0 aliphatic heterocycles. The number of carbonyl (C=O) groups excluding carboxylic acids is 1. The lowest BCUT2D eigenvalue weighted by Gasteiger charge is -2.18. The summed E-state index contributed by atoms with van der Waals surface area (Å²) in [5.74, 6) is -1.10. The summed E-state index contributed by atoms with van der Waals surface area (Å²) >= 11 is 1.54. The smallest absolute Gasteiger partial charge is 0.330 e. The molecule has 0 saturated carbocycles. The number of hydrogen-bond acceptors (Lipinski definition) is 3. The Morgan fingerprint density at radius 2 is 1.81 bits per heavy atom. The number of amides is 2. The van der Waals surface area contributed by atoms with Crippen LogP contribution in [-0.2, 0) is 4.79 Å². The van der Waals surface area contributed by atoms with E-state index in [0.717, 1.165) is 4.88 Å². The fourth-order valence-electron chi connectivity index (χ4n) is 1.91. The van der Waals surface area contributed by atoms with Gasteiger partial charge in [-0.15, -0.1) is 11.3 Å². The molecule has 0 fully saturated rings. The molecule has 1 aromatic carbocycles. The van der Waals surface area contributed by atoms with Gasteiger partial charge in [0, 0.05) is 4.88 Å². The Morgan fingerprint density at radius 1 is 1.10 bits per heavy atom. The van der Waals surface area contributed by atoms with Crippen molar-refractivity contribution >= 4 is 23.3 Å². The van der Waals surface area contributed by atoms with Crippen LogP contribution in [0.25, 0.3) is 0 Å². The quantitative estimate of drug-likeness (QED) is 0.794. The van der Waals surface area contributed by atoms with E-state index in [-0.39, 0.29) is 6.04 Å². The molecule has 6 heteroatoms. The Kier molecular flexibility index (Phi) is 4.94. The highest BCUT2D eigenvalue weighted by molar-refractivity contribution is 7.10. The normalized spacial score (nSPS) is 13.2. The van der Waals surface area contributed by atoms with Crippen LogP contribution >= 0.6 is 11.3 Å². The molecule has 1 aromatic heterocycles. The molecular weight excluding hydrogens is 288 g/mol. The predicted octanol–water partition coefficient (Wildman–Crippen LogP) is 2.93. The third-order valence-electron chi connectivity index (χ3n) is 2.97. The molecule has 5 nitrogen and oxygen atoms in total. The summed E-state index contributed by atoms with van der Waals surface area (Å²) in [6, 6.07) is 10.7. The molecule has 2 amide bonds. The summed E-state index contributed by atoms with van der Waals surface area (Å²) in [6.45, 7) is 1.85.